The molecule has 2 atom stereocenters. The van der Waals surface area contributed by atoms with E-state index in [0.717, 1.165) is 27.9 Å². The normalized spacial score (nSPS) is 12.8. The molecule has 2 N–H and O–H groups in total. The molecule has 0 spiro atoms. The number of anilines is 1. The first-order valence-electron chi connectivity index (χ1n) is 10.5. The van der Waals surface area contributed by atoms with Crippen molar-refractivity contribution in [2.75, 3.05) is 5.32 Å². The van der Waals surface area contributed by atoms with Gasteiger partial charge in [-0.3, -0.25) is 14.8 Å². The highest BCUT2D eigenvalue weighted by Crippen LogP contribution is 2.24. The van der Waals surface area contributed by atoms with Gasteiger partial charge in [-0.05, 0) is 47.9 Å². The van der Waals surface area contributed by atoms with E-state index >= 15 is 0 Å². The van der Waals surface area contributed by atoms with Gasteiger partial charge >= 0.3 is 0 Å². The molecule has 1 aromatic heterocycles. The summed E-state index contributed by atoms with van der Waals surface area (Å²) >= 11 is 6.02. The van der Waals surface area contributed by atoms with Crippen molar-refractivity contribution in [3.8, 4) is 11.1 Å². The predicted molar refractivity (Wildman–Crippen MR) is 129 cm³/mol. The molecule has 0 saturated heterocycles. The zero-order valence-electron chi connectivity index (χ0n) is 18.0. The van der Waals surface area contributed by atoms with E-state index in [1.807, 2.05) is 105 Å². The molecule has 32 heavy (non-hydrogen) atoms. The van der Waals surface area contributed by atoms with Crippen molar-refractivity contribution >= 4 is 23.2 Å². The molecule has 0 radical (unpaired) electrons. The van der Waals surface area contributed by atoms with Crippen LogP contribution in [-0.4, -0.2) is 15.7 Å². The van der Waals surface area contributed by atoms with Crippen molar-refractivity contribution in [3.05, 3.63) is 107 Å². The molecule has 0 aliphatic carbocycles. The fourth-order valence-electron chi connectivity index (χ4n) is 3.60. The maximum Gasteiger partial charge on any atom is 0.246 e. The number of aryl methyl sites for hydroxylation is 1. The van der Waals surface area contributed by atoms with Crippen LogP contribution in [0.3, 0.4) is 0 Å². The number of carbonyl (C=O) groups excluding carboxylic acids is 1. The second-order valence-electron chi connectivity index (χ2n) is 7.75. The van der Waals surface area contributed by atoms with Crippen molar-refractivity contribution in [2.24, 2.45) is 7.05 Å². The quantitative estimate of drug-likeness (QED) is 0.380. The van der Waals surface area contributed by atoms with E-state index in [1.165, 1.54) is 0 Å². The average molecular weight is 445 g/mol. The SMILES string of the molecule is CC(NC(C(=O)Nc1ccc(-c2cnn(C)c2)cc1)c1ccccc1)c1ccc(Cl)cc1. The lowest BCUT2D eigenvalue weighted by Gasteiger charge is -2.24. The Kier molecular flexibility index (Phi) is 6.69. The Morgan fingerprint density at radius 1 is 0.906 bits per heavy atom. The highest BCUT2D eigenvalue weighted by atomic mass is 35.5. The molecular formula is C26H25ClN4O. The van der Waals surface area contributed by atoms with Gasteiger partial charge in [0, 0.05) is 35.6 Å². The van der Waals surface area contributed by atoms with Crippen molar-refractivity contribution in [2.45, 2.75) is 19.0 Å². The lowest BCUT2D eigenvalue weighted by Crippen LogP contribution is -2.34. The van der Waals surface area contributed by atoms with E-state index in [1.54, 1.807) is 4.68 Å². The highest BCUT2D eigenvalue weighted by Gasteiger charge is 2.23. The Hall–Kier alpha value is -3.41. The van der Waals surface area contributed by atoms with Gasteiger partial charge in [0.2, 0.25) is 5.91 Å². The summed E-state index contributed by atoms with van der Waals surface area (Å²) in [5.41, 5.74) is 4.78. The first kappa shape index (κ1) is 21.8. The van der Waals surface area contributed by atoms with Crippen molar-refractivity contribution in [1.29, 1.82) is 0 Å². The molecule has 5 nitrogen and oxygen atoms in total. The van der Waals surface area contributed by atoms with E-state index in [2.05, 4.69) is 15.7 Å². The van der Waals surface area contributed by atoms with Crippen LogP contribution in [0.5, 0.6) is 0 Å². The summed E-state index contributed by atoms with van der Waals surface area (Å²) in [4.78, 5) is 13.3. The van der Waals surface area contributed by atoms with Crippen LogP contribution in [0.4, 0.5) is 5.69 Å². The predicted octanol–water partition coefficient (Wildman–Crippen LogP) is 5.77. The zero-order valence-corrected chi connectivity index (χ0v) is 18.8. The van der Waals surface area contributed by atoms with Gasteiger partial charge in [-0.25, -0.2) is 0 Å². The summed E-state index contributed by atoms with van der Waals surface area (Å²) in [5.74, 6) is -0.119. The Morgan fingerprint density at radius 2 is 1.59 bits per heavy atom. The second-order valence-corrected chi connectivity index (χ2v) is 8.19. The molecule has 3 aromatic carbocycles. The van der Waals surface area contributed by atoms with E-state index in [4.69, 9.17) is 11.6 Å². The van der Waals surface area contributed by atoms with E-state index < -0.39 is 6.04 Å². The number of hydrogen-bond acceptors (Lipinski definition) is 3. The van der Waals surface area contributed by atoms with Crippen LogP contribution in [-0.2, 0) is 11.8 Å². The standard InChI is InChI=1S/C26H25ClN4O/c1-18(19-8-12-23(27)13-9-19)29-25(21-6-4-3-5-7-21)26(32)30-24-14-10-20(11-15-24)22-16-28-31(2)17-22/h3-18,25,29H,1-2H3,(H,30,32). The smallest absolute Gasteiger partial charge is 0.246 e. The third-order valence-electron chi connectivity index (χ3n) is 5.37. The number of nitrogens with one attached hydrogen (secondary N) is 2. The van der Waals surface area contributed by atoms with Crippen LogP contribution >= 0.6 is 11.6 Å². The fraction of sp³-hybridized carbons (Fsp3) is 0.154. The van der Waals surface area contributed by atoms with Gasteiger partial charge in [-0.1, -0.05) is 66.2 Å². The topological polar surface area (TPSA) is 59.0 Å². The van der Waals surface area contributed by atoms with Crippen LogP contribution in [0, 0.1) is 0 Å². The van der Waals surface area contributed by atoms with Gasteiger partial charge in [0.1, 0.15) is 6.04 Å². The largest absolute Gasteiger partial charge is 0.324 e. The first-order valence-corrected chi connectivity index (χ1v) is 10.8. The molecule has 0 saturated carbocycles. The number of halogens is 1. The number of benzene rings is 3. The molecule has 0 fully saturated rings. The minimum atomic E-state index is -0.514. The summed E-state index contributed by atoms with van der Waals surface area (Å²) in [5, 5.41) is 11.4. The Morgan fingerprint density at radius 3 is 2.22 bits per heavy atom. The van der Waals surface area contributed by atoms with E-state index in [9.17, 15) is 4.79 Å². The van der Waals surface area contributed by atoms with Gasteiger partial charge in [-0.15, -0.1) is 0 Å². The van der Waals surface area contributed by atoms with Crippen molar-refractivity contribution < 1.29 is 4.79 Å². The summed E-state index contributed by atoms with van der Waals surface area (Å²) in [7, 11) is 1.89. The van der Waals surface area contributed by atoms with Crippen molar-refractivity contribution in [1.82, 2.24) is 15.1 Å². The molecule has 4 aromatic rings. The lowest BCUT2D eigenvalue weighted by atomic mass is 10.0. The maximum atomic E-state index is 13.3. The number of hydrogen-bond donors (Lipinski definition) is 2. The van der Waals surface area contributed by atoms with Crippen LogP contribution in [0.15, 0.2) is 91.3 Å². The Labute approximate surface area is 193 Å². The summed E-state index contributed by atoms with van der Waals surface area (Å²) in [6.07, 6.45) is 3.78. The van der Waals surface area contributed by atoms with E-state index in [0.29, 0.717) is 5.02 Å². The number of rotatable bonds is 7. The summed E-state index contributed by atoms with van der Waals surface area (Å²) in [6.45, 7) is 2.04. The molecule has 0 aliphatic rings. The maximum absolute atomic E-state index is 13.3. The number of carbonyl (C=O) groups is 1. The van der Waals surface area contributed by atoms with Gasteiger partial charge in [0.25, 0.3) is 0 Å². The molecule has 0 aliphatic heterocycles. The van der Waals surface area contributed by atoms with Gasteiger partial charge < -0.3 is 5.32 Å². The van der Waals surface area contributed by atoms with Crippen LogP contribution < -0.4 is 10.6 Å². The molecule has 1 heterocycles. The number of aromatic nitrogens is 2. The molecule has 6 heteroatoms. The summed E-state index contributed by atoms with van der Waals surface area (Å²) < 4.78 is 1.77. The Bertz CT molecular complexity index is 1170. The minimum Gasteiger partial charge on any atom is -0.324 e. The minimum absolute atomic E-state index is 0.0452. The molecular weight excluding hydrogens is 420 g/mol. The molecule has 0 bridgehead atoms. The molecule has 162 valence electrons. The fourth-order valence-corrected chi connectivity index (χ4v) is 3.72. The third kappa shape index (κ3) is 5.25. The monoisotopic (exact) mass is 444 g/mol. The average Bonchev–Trinajstić information content (AvgIpc) is 3.25. The molecule has 4 rings (SSSR count). The van der Waals surface area contributed by atoms with Gasteiger partial charge in [-0.2, -0.15) is 5.10 Å². The van der Waals surface area contributed by atoms with Crippen LogP contribution in [0.1, 0.15) is 30.1 Å². The molecule has 1 amide bonds. The number of amides is 1. The Balaban J connectivity index is 1.52. The van der Waals surface area contributed by atoms with Gasteiger partial charge in [0.15, 0.2) is 0 Å². The second kappa shape index (κ2) is 9.81. The van der Waals surface area contributed by atoms with E-state index in [-0.39, 0.29) is 11.9 Å². The zero-order chi connectivity index (χ0) is 22.5. The van der Waals surface area contributed by atoms with Gasteiger partial charge in [0.05, 0.1) is 6.20 Å². The van der Waals surface area contributed by atoms with Crippen LogP contribution in [0.2, 0.25) is 5.02 Å². The highest BCUT2D eigenvalue weighted by molar-refractivity contribution is 6.30. The number of nitrogens with zero attached hydrogens (tertiary/aromatic N) is 2. The van der Waals surface area contributed by atoms with Crippen molar-refractivity contribution in [3.63, 3.8) is 0 Å². The first-order chi connectivity index (χ1) is 15.5. The third-order valence-corrected chi connectivity index (χ3v) is 5.62. The summed E-state index contributed by atoms with van der Waals surface area (Å²) in [6, 6.07) is 24.6. The molecule has 2 unspecified atom stereocenters. The lowest BCUT2D eigenvalue weighted by molar-refractivity contribution is -0.118. The van der Waals surface area contributed by atoms with Crippen LogP contribution in [0.25, 0.3) is 11.1 Å².